The summed E-state index contributed by atoms with van der Waals surface area (Å²) in [5, 5.41) is 0. The summed E-state index contributed by atoms with van der Waals surface area (Å²) >= 11 is 0. The van der Waals surface area contributed by atoms with Crippen LogP contribution in [0.25, 0.3) is 0 Å². The molecule has 2 heterocycles. The molecule has 3 rings (SSSR count). The van der Waals surface area contributed by atoms with E-state index in [9.17, 15) is 0 Å². The highest BCUT2D eigenvalue weighted by molar-refractivity contribution is 5.26. The first kappa shape index (κ1) is 19.5. The Hall–Kier alpha value is -1.22. The molecule has 146 valence electrons. The molecule has 0 radical (unpaired) electrons. The van der Waals surface area contributed by atoms with E-state index in [1.54, 1.807) is 21.1 Å². The maximum absolute atomic E-state index is 6.15. The van der Waals surface area contributed by atoms with Gasteiger partial charge in [-0.05, 0) is 31.5 Å². The molecule has 2 saturated heterocycles. The van der Waals surface area contributed by atoms with Crippen molar-refractivity contribution in [1.29, 1.82) is 0 Å². The molecule has 2 aliphatic heterocycles. The highest BCUT2D eigenvalue weighted by Crippen LogP contribution is 2.39. The van der Waals surface area contributed by atoms with E-state index < -0.39 is 18.4 Å². The Bertz CT molecular complexity index is 578. The largest absolute Gasteiger partial charge is 0.497 e. The Balaban J connectivity index is 1.70. The highest BCUT2D eigenvalue weighted by atomic mass is 16.9. The predicted octanol–water partition coefficient (Wildman–Crippen LogP) is 2.47. The first-order chi connectivity index (χ1) is 12.5. The summed E-state index contributed by atoms with van der Waals surface area (Å²) in [6.45, 7) is 6.50. The smallest absolute Gasteiger partial charge is 0.280 e. The summed E-state index contributed by atoms with van der Waals surface area (Å²) in [5.74, 6) is -0.318. The zero-order valence-corrected chi connectivity index (χ0v) is 16.0. The van der Waals surface area contributed by atoms with Crippen LogP contribution in [0.4, 0.5) is 0 Å². The van der Waals surface area contributed by atoms with Crippen molar-refractivity contribution in [2.45, 2.75) is 64.1 Å². The van der Waals surface area contributed by atoms with Gasteiger partial charge in [-0.2, -0.15) is 0 Å². The van der Waals surface area contributed by atoms with Crippen molar-refractivity contribution >= 4 is 0 Å². The molecule has 1 unspecified atom stereocenters. The van der Waals surface area contributed by atoms with Crippen LogP contribution in [0.3, 0.4) is 0 Å². The van der Waals surface area contributed by atoms with Crippen molar-refractivity contribution in [3.63, 3.8) is 0 Å². The summed E-state index contributed by atoms with van der Waals surface area (Å²) < 4.78 is 40.4. The van der Waals surface area contributed by atoms with Gasteiger partial charge in [0, 0.05) is 20.6 Å². The normalized spacial score (nSPS) is 36.7. The lowest BCUT2D eigenvalue weighted by atomic mass is 9.99. The van der Waals surface area contributed by atoms with Gasteiger partial charge in [-0.3, -0.25) is 0 Å². The van der Waals surface area contributed by atoms with Gasteiger partial charge in [0.1, 0.15) is 24.1 Å². The molecule has 0 saturated carbocycles. The topological polar surface area (TPSA) is 64.6 Å². The lowest BCUT2D eigenvalue weighted by Gasteiger charge is -2.39. The van der Waals surface area contributed by atoms with E-state index in [4.69, 9.17) is 33.2 Å². The molecule has 7 heteroatoms. The first-order valence-electron chi connectivity index (χ1n) is 8.92. The first-order valence-corrected chi connectivity index (χ1v) is 8.92. The van der Waals surface area contributed by atoms with E-state index in [0.29, 0.717) is 13.2 Å². The second-order valence-corrected chi connectivity index (χ2v) is 6.53. The third-order valence-corrected chi connectivity index (χ3v) is 4.67. The summed E-state index contributed by atoms with van der Waals surface area (Å²) in [6, 6.07) is 7.76. The molecule has 0 aliphatic carbocycles. The number of rotatable bonds is 7. The monoisotopic (exact) mass is 368 g/mol. The second-order valence-electron chi connectivity index (χ2n) is 6.53. The minimum atomic E-state index is -1.13. The standard InChI is InChI=1S/C19H28O7/c1-6-23-19(3)25-16-15(12(2)24-18(21-5)17(16)26-19)22-11-13-7-9-14(20-4)10-8-13/h7-10,12,15-18H,6,11H2,1-5H3/t12-,15-,16+,17+,18+,19?/m0/s1. The number of hydrogen-bond donors (Lipinski definition) is 0. The predicted molar refractivity (Wildman–Crippen MR) is 92.7 cm³/mol. The molecule has 0 bridgehead atoms. The van der Waals surface area contributed by atoms with Crippen LogP contribution in [-0.4, -0.2) is 57.5 Å². The van der Waals surface area contributed by atoms with Crippen LogP contribution >= 0.6 is 0 Å². The third-order valence-electron chi connectivity index (χ3n) is 4.67. The molecular weight excluding hydrogens is 340 g/mol. The Morgan fingerprint density at radius 2 is 1.77 bits per heavy atom. The van der Waals surface area contributed by atoms with Gasteiger partial charge in [0.05, 0.1) is 19.8 Å². The van der Waals surface area contributed by atoms with Crippen molar-refractivity contribution in [2.24, 2.45) is 0 Å². The molecule has 0 N–H and O–H groups in total. The quantitative estimate of drug-likeness (QED) is 0.732. The van der Waals surface area contributed by atoms with Crippen molar-refractivity contribution in [2.75, 3.05) is 20.8 Å². The van der Waals surface area contributed by atoms with Crippen LogP contribution in [-0.2, 0) is 35.0 Å². The minimum absolute atomic E-state index is 0.216. The van der Waals surface area contributed by atoms with Gasteiger partial charge in [0.2, 0.25) is 0 Å². The number of ether oxygens (including phenoxy) is 7. The molecule has 0 spiro atoms. The zero-order valence-electron chi connectivity index (χ0n) is 16.0. The molecular formula is C19H28O7. The Labute approximate surface area is 154 Å². The fourth-order valence-electron chi connectivity index (χ4n) is 3.42. The Kier molecular flexibility index (Phi) is 6.17. The lowest BCUT2D eigenvalue weighted by molar-refractivity contribution is -0.335. The second kappa shape index (κ2) is 8.21. The van der Waals surface area contributed by atoms with Gasteiger partial charge in [-0.15, -0.1) is 0 Å². The fraction of sp³-hybridized carbons (Fsp3) is 0.684. The number of hydrogen-bond acceptors (Lipinski definition) is 7. The average Bonchev–Trinajstić information content (AvgIpc) is 2.98. The third kappa shape index (κ3) is 4.03. The van der Waals surface area contributed by atoms with Crippen molar-refractivity contribution in [3.8, 4) is 5.75 Å². The summed E-state index contributed by atoms with van der Waals surface area (Å²) in [7, 11) is 3.23. The fourth-order valence-corrected chi connectivity index (χ4v) is 3.42. The molecule has 0 aromatic heterocycles. The molecule has 0 amide bonds. The van der Waals surface area contributed by atoms with Crippen molar-refractivity contribution in [3.05, 3.63) is 29.8 Å². The van der Waals surface area contributed by atoms with Gasteiger partial charge < -0.3 is 33.2 Å². The van der Waals surface area contributed by atoms with Crippen LogP contribution in [0.5, 0.6) is 5.75 Å². The van der Waals surface area contributed by atoms with E-state index in [0.717, 1.165) is 11.3 Å². The van der Waals surface area contributed by atoms with Gasteiger partial charge in [0.25, 0.3) is 5.97 Å². The summed E-state index contributed by atoms with van der Waals surface area (Å²) in [5.41, 5.74) is 1.04. The molecule has 2 fully saturated rings. The van der Waals surface area contributed by atoms with Crippen LogP contribution in [0.1, 0.15) is 26.3 Å². The van der Waals surface area contributed by atoms with Crippen LogP contribution in [0.2, 0.25) is 0 Å². The van der Waals surface area contributed by atoms with E-state index in [1.807, 2.05) is 38.1 Å². The van der Waals surface area contributed by atoms with Crippen LogP contribution in [0, 0.1) is 0 Å². The maximum Gasteiger partial charge on any atom is 0.280 e. The number of fused-ring (bicyclic) bond motifs is 1. The van der Waals surface area contributed by atoms with Crippen LogP contribution < -0.4 is 4.74 Å². The average molecular weight is 368 g/mol. The SMILES string of the molecule is CCOC1(C)O[C@@H]2[C@@H](OCc3ccc(OC)cc3)[C@H](C)O[C@@H](OC)[C@@H]2O1. The van der Waals surface area contributed by atoms with E-state index in [-0.39, 0.29) is 18.3 Å². The van der Waals surface area contributed by atoms with Crippen molar-refractivity contribution < 1.29 is 33.2 Å². The molecule has 1 aromatic carbocycles. The number of benzene rings is 1. The highest BCUT2D eigenvalue weighted by Gasteiger charge is 2.57. The molecule has 7 nitrogen and oxygen atoms in total. The van der Waals surface area contributed by atoms with Crippen molar-refractivity contribution in [1.82, 2.24) is 0 Å². The van der Waals surface area contributed by atoms with Gasteiger partial charge in [0.15, 0.2) is 6.29 Å². The maximum atomic E-state index is 6.15. The molecule has 6 atom stereocenters. The van der Waals surface area contributed by atoms with E-state index >= 15 is 0 Å². The minimum Gasteiger partial charge on any atom is -0.497 e. The lowest BCUT2D eigenvalue weighted by Crippen LogP contribution is -2.56. The Morgan fingerprint density at radius 1 is 1.08 bits per heavy atom. The van der Waals surface area contributed by atoms with Gasteiger partial charge >= 0.3 is 0 Å². The molecule has 1 aromatic rings. The summed E-state index contributed by atoms with van der Waals surface area (Å²) in [6.07, 6.45) is -1.83. The summed E-state index contributed by atoms with van der Waals surface area (Å²) in [4.78, 5) is 0. The van der Waals surface area contributed by atoms with Gasteiger partial charge in [-0.1, -0.05) is 12.1 Å². The zero-order chi connectivity index (χ0) is 18.7. The number of methoxy groups -OCH3 is 2. The molecule has 26 heavy (non-hydrogen) atoms. The van der Waals surface area contributed by atoms with Gasteiger partial charge in [-0.25, -0.2) is 0 Å². The van der Waals surface area contributed by atoms with E-state index in [1.165, 1.54) is 0 Å². The van der Waals surface area contributed by atoms with Crippen LogP contribution in [0.15, 0.2) is 24.3 Å². The Morgan fingerprint density at radius 3 is 2.38 bits per heavy atom. The molecule has 2 aliphatic rings. The van der Waals surface area contributed by atoms with E-state index in [2.05, 4.69) is 0 Å².